The van der Waals surface area contributed by atoms with Crippen LogP contribution in [-0.4, -0.2) is 16.5 Å². The zero-order chi connectivity index (χ0) is 16.4. The first-order valence-corrected chi connectivity index (χ1v) is 7.58. The van der Waals surface area contributed by atoms with Crippen molar-refractivity contribution in [1.82, 2.24) is 9.97 Å². The Labute approximate surface area is 129 Å². The number of hydrogen-bond acceptors (Lipinski definition) is 5. The molecule has 0 spiro atoms. The van der Waals surface area contributed by atoms with Gasteiger partial charge < -0.3 is 10.7 Å². The SMILES string of the molecule is Cc1c(NN)nc(C(C)(C)C)nc1NCC(C)(C)C(C)C. The highest BCUT2D eigenvalue weighted by Gasteiger charge is 2.24. The summed E-state index contributed by atoms with van der Waals surface area (Å²) in [6.45, 7) is 18.1. The molecule has 0 radical (unpaired) electrons. The van der Waals surface area contributed by atoms with Gasteiger partial charge in [0.1, 0.15) is 17.5 Å². The molecule has 5 nitrogen and oxygen atoms in total. The third kappa shape index (κ3) is 4.30. The molecule has 0 atom stereocenters. The van der Waals surface area contributed by atoms with Crippen molar-refractivity contribution in [3.05, 3.63) is 11.4 Å². The van der Waals surface area contributed by atoms with Crippen LogP contribution in [0.1, 0.15) is 59.9 Å². The molecule has 1 aromatic rings. The van der Waals surface area contributed by atoms with Crippen molar-refractivity contribution in [1.29, 1.82) is 0 Å². The van der Waals surface area contributed by atoms with Gasteiger partial charge in [-0.25, -0.2) is 15.8 Å². The lowest BCUT2D eigenvalue weighted by Gasteiger charge is -2.30. The van der Waals surface area contributed by atoms with Crippen LogP contribution in [0.25, 0.3) is 0 Å². The largest absolute Gasteiger partial charge is 0.369 e. The molecule has 0 aliphatic carbocycles. The lowest BCUT2D eigenvalue weighted by Crippen LogP contribution is -2.30. The minimum atomic E-state index is -0.122. The van der Waals surface area contributed by atoms with E-state index >= 15 is 0 Å². The number of nitrogens with one attached hydrogen (secondary N) is 2. The molecule has 1 aromatic heterocycles. The van der Waals surface area contributed by atoms with E-state index in [0.29, 0.717) is 11.7 Å². The Morgan fingerprint density at radius 3 is 2.00 bits per heavy atom. The maximum Gasteiger partial charge on any atom is 0.148 e. The summed E-state index contributed by atoms with van der Waals surface area (Å²) in [6.07, 6.45) is 0. The molecular weight excluding hydrogens is 262 g/mol. The Kier molecular flexibility index (Phi) is 5.20. The van der Waals surface area contributed by atoms with Crippen molar-refractivity contribution in [2.75, 3.05) is 17.3 Å². The minimum Gasteiger partial charge on any atom is -0.369 e. The molecule has 0 aliphatic heterocycles. The molecule has 0 aliphatic rings. The molecule has 21 heavy (non-hydrogen) atoms. The van der Waals surface area contributed by atoms with Crippen LogP contribution in [0.4, 0.5) is 11.6 Å². The zero-order valence-electron chi connectivity index (χ0n) is 14.8. The summed E-state index contributed by atoms with van der Waals surface area (Å²) in [5.41, 5.74) is 3.69. The van der Waals surface area contributed by atoms with Crippen LogP contribution in [0.15, 0.2) is 0 Å². The summed E-state index contributed by atoms with van der Waals surface area (Å²) >= 11 is 0. The van der Waals surface area contributed by atoms with Gasteiger partial charge in [0.05, 0.1) is 0 Å². The number of hydrazine groups is 1. The number of hydrogen-bond donors (Lipinski definition) is 3. The highest BCUT2D eigenvalue weighted by Crippen LogP contribution is 2.29. The highest BCUT2D eigenvalue weighted by atomic mass is 15.3. The molecule has 1 rings (SSSR count). The van der Waals surface area contributed by atoms with E-state index < -0.39 is 0 Å². The summed E-state index contributed by atoms with van der Waals surface area (Å²) in [4.78, 5) is 9.21. The first kappa shape index (κ1) is 17.7. The maximum atomic E-state index is 5.59. The van der Waals surface area contributed by atoms with E-state index in [-0.39, 0.29) is 10.8 Å². The van der Waals surface area contributed by atoms with E-state index in [9.17, 15) is 0 Å². The van der Waals surface area contributed by atoms with E-state index in [1.54, 1.807) is 0 Å². The van der Waals surface area contributed by atoms with Gasteiger partial charge in [-0.05, 0) is 18.3 Å². The molecule has 0 fully saturated rings. The fourth-order valence-electron chi connectivity index (χ4n) is 1.68. The third-order valence-electron chi connectivity index (χ3n) is 4.23. The molecule has 4 N–H and O–H groups in total. The average molecular weight is 293 g/mol. The fraction of sp³-hybridized carbons (Fsp3) is 0.750. The van der Waals surface area contributed by atoms with Crippen LogP contribution in [0, 0.1) is 18.3 Å². The van der Waals surface area contributed by atoms with Crippen molar-refractivity contribution >= 4 is 11.6 Å². The molecule has 0 saturated carbocycles. The fourth-order valence-corrected chi connectivity index (χ4v) is 1.68. The lowest BCUT2D eigenvalue weighted by molar-refractivity contribution is 0.269. The van der Waals surface area contributed by atoms with Crippen molar-refractivity contribution in [2.24, 2.45) is 17.2 Å². The summed E-state index contributed by atoms with van der Waals surface area (Å²) in [6, 6.07) is 0. The predicted molar refractivity (Wildman–Crippen MR) is 90.4 cm³/mol. The summed E-state index contributed by atoms with van der Waals surface area (Å²) in [5, 5.41) is 3.48. The highest BCUT2D eigenvalue weighted by molar-refractivity contribution is 5.57. The van der Waals surface area contributed by atoms with Gasteiger partial charge in [-0.1, -0.05) is 48.5 Å². The van der Waals surface area contributed by atoms with E-state index in [0.717, 1.165) is 23.8 Å². The number of aromatic nitrogens is 2. The van der Waals surface area contributed by atoms with E-state index in [1.165, 1.54) is 0 Å². The van der Waals surface area contributed by atoms with Crippen LogP contribution in [0.2, 0.25) is 0 Å². The number of nitrogens with two attached hydrogens (primary N) is 1. The monoisotopic (exact) mass is 293 g/mol. The quantitative estimate of drug-likeness (QED) is 0.572. The second-order valence-corrected chi connectivity index (χ2v) is 7.76. The smallest absolute Gasteiger partial charge is 0.148 e. The Bertz CT molecular complexity index is 486. The molecule has 0 aromatic carbocycles. The molecule has 120 valence electrons. The maximum absolute atomic E-state index is 5.59. The number of anilines is 2. The van der Waals surface area contributed by atoms with Crippen LogP contribution < -0.4 is 16.6 Å². The van der Waals surface area contributed by atoms with Crippen LogP contribution in [-0.2, 0) is 5.41 Å². The van der Waals surface area contributed by atoms with Crippen molar-refractivity contribution in [3.63, 3.8) is 0 Å². The van der Waals surface area contributed by atoms with Crippen LogP contribution >= 0.6 is 0 Å². The molecule has 0 unspecified atom stereocenters. The third-order valence-corrected chi connectivity index (χ3v) is 4.23. The van der Waals surface area contributed by atoms with Crippen molar-refractivity contribution in [3.8, 4) is 0 Å². The van der Waals surface area contributed by atoms with Gasteiger partial charge in [-0.15, -0.1) is 0 Å². The van der Waals surface area contributed by atoms with E-state index in [1.807, 2.05) is 6.92 Å². The number of nitrogen functional groups attached to an aromatic ring is 1. The second kappa shape index (κ2) is 6.18. The van der Waals surface area contributed by atoms with Crippen molar-refractivity contribution in [2.45, 2.75) is 60.8 Å². The standard InChI is InChI=1S/C16H31N5/c1-10(2)16(7,8)9-18-12-11(3)13(21-17)20-14(19-12)15(4,5)6/h10H,9,17H2,1-8H3,(H2,18,19,20,21). The first-order chi connectivity index (χ1) is 9.49. The van der Waals surface area contributed by atoms with E-state index in [2.05, 4.69) is 64.2 Å². The van der Waals surface area contributed by atoms with E-state index in [4.69, 9.17) is 10.8 Å². The Morgan fingerprint density at radius 1 is 1.05 bits per heavy atom. The summed E-state index contributed by atoms with van der Waals surface area (Å²) < 4.78 is 0. The first-order valence-electron chi connectivity index (χ1n) is 7.58. The molecule has 5 heteroatoms. The average Bonchev–Trinajstić information content (AvgIpc) is 2.36. The van der Waals surface area contributed by atoms with Crippen LogP contribution in [0.5, 0.6) is 0 Å². The molecule has 0 saturated heterocycles. The zero-order valence-corrected chi connectivity index (χ0v) is 14.8. The number of rotatable bonds is 5. The summed E-state index contributed by atoms with van der Waals surface area (Å²) in [7, 11) is 0. The van der Waals surface area contributed by atoms with Crippen molar-refractivity contribution < 1.29 is 0 Å². The van der Waals surface area contributed by atoms with Gasteiger partial charge in [-0.3, -0.25) is 0 Å². The normalized spacial score (nSPS) is 12.7. The molecule has 0 bridgehead atoms. The molecule has 1 heterocycles. The minimum absolute atomic E-state index is 0.122. The predicted octanol–water partition coefficient (Wildman–Crippen LogP) is 3.46. The Morgan fingerprint density at radius 2 is 1.57 bits per heavy atom. The Balaban J connectivity index is 3.12. The van der Waals surface area contributed by atoms with Gasteiger partial charge in [0.2, 0.25) is 0 Å². The Hall–Kier alpha value is -1.36. The van der Waals surface area contributed by atoms with Gasteiger partial charge in [0, 0.05) is 17.5 Å². The molecule has 0 amide bonds. The van der Waals surface area contributed by atoms with Gasteiger partial charge in [0.25, 0.3) is 0 Å². The second-order valence-electron chi connectivity index (χ2n) is 7.76. The topological polar surface area (TPSA) is 75.9 Å². The van der Waals surface area contributed by atoms with Crippen LogP contribution in [0.3, 0.4) is 0 Å². The van der Waals surface area contributed by atoms with Gasteiger partial charge in [0.15, 0.2) is 0 Å². The summed E-state index contributed by atoms with van der Waals surface area (Å²) in [5.74, 6) is 8.50. The van der Waals surface area contributed by atoms with Gasteiger partial charge in [-0.2, -0.15) is 0 Å². The number of nitrogens with zero attached hydrogens (tertiary/aromatic N) is 2. The molecular formula is C16H31N5. The lowest BCUT2D eigenvalue weighted by atomic mass is 9.81. The van der Waals surface area contributed by atoms with Gasteiger partial charge >= 0.3 is 0 Å².